The number of carbonyl (C=O) groups is 1. The van der Waals surface area contributed by atoms with Crippen LogP contribution in [0.4, 0.5) is 0 Å². The maximum absolute atomic E-state index is 10.5. The van der Waals surface area contributed by atoms with Crippen LogP contribution in [-0.2, 0) is 11.2 Å². The van der Waals surface area contributed by atoms with E-state index in [0.29, 0.717) is 0 Å². The van der Waals surface area contributed by atoms with Crippen LogP contribution in [-0.4, -0.2) is 16.1 Å². The summed E-state index contributed by atoms with van der Waals surface area (Å²) in [5.41, 5.74) is 3.07. The van der Waals surface area contributed by atoms with Crippen molar-refractivity contribution < 1.29 is 9.90 Å². The third kappa shape index (κ3) is 3.20. The van der Waals surface area contributed by atoms with Crippen LogP contribution in [0.5, 0.6) is 0 Å². The monoisotopic (exact) mass is 289 g/mol. The summed E-state index contributed by atoms with van der Waals surface area (Å²) in [6.45, 7) is 0. The maximum Gasteiger partial charge on any atom is 0.328 e. The van der Waals surface area contributed by atoms with E-state index in [2.05, 4.69) is 17.1 Å². The van der Waals surface area contributed by atoms with Gasteiger partial charge in [-0.3, -0.25) is 4.98 Å². The second-order valence-corrected chi connectivity index (χ2v) is 5.07. The molecule has 1 N–H and O–H groups in total. The molecule has 0 bridgehead atoms. The highest BCUT2D eigenvalue weighted by Crippen LogP contribution is 2.19. The number of carboxylic acids is 1. The second kappa shape index (κ2) is 6.22. The Labute approximate surface area is 128 Å². The Morgan fingerprint density at radius 1 is 1.05 bits per heavy atom. The predicted octanol–water partition coefficient (Wildman–Crippen LogP) is 3.92. The Bertz CT molecular complexity index is 830. The molecule has 3 nitrogen and oxygen atoms in total. The number of hydrogen-bond donors (Lipinski definition) is 1. The van der Waals surface area contributed by atoms with Gasteiger partial charge < -0.3 is 5.11 Å². The zero-order valence-electron chi connectivity index (χ0n) is 11.9. The molecule has 3 aromatic rings. The van der Waals surface area contributed by atoms with E-state index in [-0.39, 0.29) is 0 Å². The Balaban J connectivity index is 1.85. The van der Waals surface area contributed by atoms with E-state index in [4.69, 9.17) is 5.11 Å². The van der Waals surface area contributed by atoms with Crippen molar-refractivity contribution in [3.63, 3.8) is 0 Å². The van der Waals surface area contributed by atoms with Crippen LogP contribution in [0, 0.1) is 0 Å². The third-order valence-electron chi connectivity index (χ3n) is 3.53. The largest absolute Gasteiger partial charge is 0.478 e. The van der Waals surface area contributed by atoms with Crippen LogP contribution in [0.15, 0.2) is 66.9 Å². The minimum atomic E-state index is -0.941. The number of aromatic nitrogens is 1. The highest BCUT2D eigenvalue weighted by Gasteiger charge is 2.03. The number of aliphatic carboxylic acids is 1. The molecule has 108 valence electrons. The van der Waals surface area contributed by atoms with E-state index in [1.165, 1.54) is 10.8 Å². The lowest BCUT2D eigenvalue weighted by atomic mass is 10.0. The van der Waals surface area contributed by atoms with E-state index in [9.17, 15) is 4.79 Å². The molecule has 0 fully saturated rings. The van der Waals surface area contributed by atoms with Crippen molar-refractivity contribution in [3.05, 3.63) is 83.7 Å². The number of fused-ring (bicyclic) bond motifs is 1. The van der Waals surface area contributed by atoms with Crippen LogP contribution in [0.3, 0.4) is 0 Å². The molecule has 3 heteroatoms. The maximum atomic E-state index is 10.5. The summed E-state index contributed by atoms with van der Waals surface area (Å²) in [4.78, 5) is 15.0. The van der Waals surface area contributed by atoms with Gasteiger partial charge in [-0.15, -0.1) is 0 Å². The first-order valence-corrected chi connectivity index (χ1v) is 7.05. The summed E-state index contributed by atoms with van der Waals surface area (Å²) in [5.74, 6) is -0.941. The van der Waals surface area contributed by atoms with Crippen molar-refractivity contribution in [1.29, 1.82) is 0 Å². The first-order valence-electron chi connectivity index (χ1n) is 7.05. The Morgan fingerprint density at radius 3 is 2.59 bits per heavy atom. The van der Waals surface area contributed by atoms with Gasteiger partial charge in [0.1, 0.15) is 0 Å². The molecular formula is C19H15NO2. The minimum absolute atomic E-state index is 0.754. The molecule has 0 atom stereocenters. The molecular weight excluding hydrogens is 274 g/mol. The predicted molar refractivity (Wildman–Crippen MR) is 87.7 cm³/mol. The number of pyridine rings is 1. The number of nitrogens with zero attached hydrogens (tertiary/aromatic N) is 1. The molecule has 2 aromatic carbocycles. The molecule has 0 saturated carbocycles. The van der Waals surface area contributed by atoms with E-state index in [1.807, 2.05) is 48.7 Å². The van der Waals surface area contributed by atoms with Gasteiger partial charge in [-0.25, -0.2) is 4.79 Å². The molecule has 0 aliphatic rings. The van der Waals surface area contributed by atoms with Crippen molar-refractivity contribution in [2.45, 2.75) is 6.42 Å². The summed E-state index contributed by atoms with van der Waals surface area (Å²) in [6.07, 6.45) is 5.31. The van der Waals surface area contributed by atoms with Gasteiger partial charge in [-0.1, -0.05) is 48.5 Å². The van der Waals surface area contributed by atoms with Crippen molar-refractivity contribution in [2.75, 3.05) is 0 Å². The fourth-order valence-electron chi connectivity index (χ4n) is 2.43. The Morgan fingerprint density at radius 2 is 1.82 bits per heavy atom. The number of rotatable bonds is 4. The van der Waals surface area contributed by atoms with Gasteiger partial charge in [0.25, 0.3) is 0 Å². The van der Waals surface area contributed by atoms with Crippen molar-refractivity contribution in [3.8, 4) is 0 Å². The number of hydrogen-bond acceptors (Lipinski definition) is 2. The van der Waals surface area contributed by atoms with Gasteiger partial charge >= 0.3 is 5.97 Å². The average molecular weight is 289 g/mol. The van der Waals surface area contributed by atoms with Crippen molar-refractivity contribution >= 4 is 22.8 Å². The lowest BCUT2D eigenvalue weighted by Gasteiger charge is -2.06. The Hall–Kier alpha value is -2.94. The van der Waals surface area contributed by atoms with Crippen LogP contribution >= 0.6 is 0 Å². The molecule has 3 rings (SSSR count). The molecule has 0 aliphatic carbocycles. The quantitative estimate of drug-likeness (QED) is 0.740. The topological polar surface area (TPSA) is 50.2 Å². The highest BCUT2D eigenvalue weighted by atomic mass is 16.4. The van der Waals surface area contributed by atoms with Gasteiger partial charge in [0, 0.05) is 24.1 Å². The molecule has 0 aliphatic heterocycles. The van der Waals surface area contributed by atoms with Crippen molar-refractivity contribution in [1.82, 2.24) is 4.98 Å². The fraction of sp³-hybridized carbons (Fsp3) is 0.0526. The van der Waals surface area contributed by atoms with Crippen LogP contribution in [0.2, 0.25) is 0 Å². The SMILES string of the molecule is O=C(O)C=Cc1ccc(Cc2nccc3ccccc23)cc1. The normalized spacial score (nSPS) is 11.1. The van der Waals surface area contributed by atoms with Crippen molar-refractivity contribution in [2.24, 2.45) is 0 Å². The molecule has 0 saturated heterocycles. The van der Waals surface area contributed by atoms with E-state index < -0.39 is 5.97 Å². The first-order chi connectivity index (χ1) is 10.7. The molecule has 1 aromatic heterocycles. The molecule has 0 amide bonds. The zero-order valence-corrected chi connectivity index (χ0v) is 11.9. The lowest BCUT2D eigenvalue weighted by Crippen LogP contribution is -1.93. The molecule has 0 radical (unpaired) electrons. The summed E-state index contributed by atoms with van der Waals surface area (Å²) in [5, 5.41) is 11.0. The smallest absolute Gasteiger partial charge is 0.328 e. The average Bonchev–Trinajstić information content (AvgIpc) is 2.54. The molecule has 0 unspecified atom stereocenters. The van der Waals surface area contributed by atoms with Gasteiger partial charge in [-0.05, 0) is 28.7 Å². The highest BCUT2D eigenvalue weighted by molar-refractivity contribution is 5.85. The second-order valence-electron chi connectivity index (χ2n) is 5.07. The molecule has 0 spiro atoms. The molecule has 22 heavy (non-hydrogen) atoms. The molecule has 1 heterocycles. The summed E-state index contributed by atoms with van der Waals surface area (Å²) >= 11 is 0. The van der Waals surface area contributed by atoms with Gasteiger partial charge in [0.2, 0.25) is 0 Å². The number of benzene rings is 2. The Kier molecular flexibility index (Phi) is 3.97. The minimum Gasteiger partial charge on any atom is -0.478 e. The first kappa shape index (κ1) is 14.0. The van der Waals surface area contributed by atoms with Gasteiger partial charge in [-0.2, -0.15) is 0 Å². The standard InChI is InChI=1S/C19H15NO2/c21-19(22)10-9-14-5-7-15(8-6-14)13-18-17-4-2-1-3-16(17)11-12-20-18/h1-12H,13H2,(H,21,22). The van der Waals surface area contributed by atoms with Crippen LogP contribution in [0.25, 0.3) is 16.8 Å². The summed E-state index contributed by atoms with van der Waals surface area (Å²) < 4.78 is 0. The fourth-order valence-corrected chi connectivity index (χ4v) is 2.43. The van der Waals surface area contributed by atoms with E-state index in [1.54, 1.807) is 6.08 Å². The van der Waals surface area contributed by atoms with Gasteiger partial charge in [0.05, 0.1) is 5.69 Å². The van der Waals surface area contributed by atoms with Gasteiger partial charge in [0.15, 0.2) is 0 Å². The number of carboxylic acid groups (broad SMARTS) is 1. The lowest BCUT2D eigenvalue weighted by molar-refractivity contribution is -0.131. The van der Waals surface area contributed by atoms with Crippen LogP contribution in [0.1, 0.15) is 16.8 Å². The summed E-state index contributed by atoms with van der Waals surface area (Å²) in [6, 6.07) is 18.1. The van der Waals surface area contributed by atoms with Crippen LogP contribution < -0.4 is 0 Å². The zero-order chi connectivity index (χ0) is 15.4. The van der Waals surface area contributed by atoms with E-state index >= 15 is 0 Å². The summed E-state index contributed by atoms with van der Waals surface area (Å²) in [7, 11) is 0. The van der Waals surface area contributed by atoms with E-state index in [0.717, 1.165) is 29.3 Å². The third-order valence-corrected chi connectivity index (χ3v) is 3.53.